The molecule has 21 heavy (non-hydrogen) atoms. The molecule has 1 amide bonds. The van der Waals surface area contributed by atoms with Crippen LogP contribution >= 0.6 is 0 Å². The van der Waals surface area contributed by atoms with Gasteiger partial charge in [-0.3, -0.25) is 4.79 Å². The summed E-state index contributed by atoms with van der Waals surface area (Å²) in [6, 6.07) is 10.4. The third-order valence-electron chi connectivity index (χ3n) is 2.76. The second-order valence-electron chi connectivity index (χ2n) is 4.47. The zero-order valence-electron chi connectivity index (χ0n) is 11.2. The number of primary amides is 1. The minimum atomic E-state index is -3.33. The van der Waals surface area contributed by atoms with Gasteiger partial charge in [-0.2, -0.15) is 0 Å². The van der Waals surface area contributed by atoms with Gasteiger partial charge in [0.2, 0.25) is 5.91 Å². The lowest BCUT2D eigenvalue weighted by atomic mass is 10.2. The van der Waals surface area contributed by atoms with Gasteiger partial charge in [0, 0.05) is 11.8 Å². The number of benzene rings is 2. The summed E-state index contributed by atoms with van der Waals surface area (Å²) in [7, 11) is -3.33. The normalized spacial score (nSPS) is 11.1. The minimum absolute atomic E-state index is 0.129. The summed E-state index contributed by atoms with van der Waals surface area (Å²) in [4.78, 5) is 11.3. The van der Waals surface area contributed by atoms with Crippen molar-refractivity contribution in [3.05, 3.63) is 48.0 Å². The largest absolute Gasteiger partial charge is 0.455 e. The highest BCUT2D eigenvalue weighted by Crippen LogP contribution is 2.29. The second-order valence-corrected chi connectivity index (χ2v) is 6.48. The molecule has 0 spiro atoms. The van der Waals surface area contributed by atoms with E-state index in [0.29, 0.717) is 11.4 Å². The van der Waals surface area contributed by atoms with Gasteiger partial charge in [0.15, 0.2) is 15.6 Å². The molecular formula is C14H14N2O4S. The molecule has 6 nitrogen and oxygen atoms in total. The molecule has 0 saturated carbocycles. The van der Waals surface area contributed by atoms with E-state index in [1.54, 1.807) is 12.1 Å². The minimum Gasteiger partial charge on any atom is -0.455 e. The Morgan fingerprint density at radius 1 is 1.14 bits per heavy atom. The molecule has 2 aromatic carbocycles. The molecule has 110 valence electrons. The fourth-order valence-electron chi connectivity index (χ4n) is 1.67. The van der Waals surface area contributed by atoms with Crippen molar-refractivity contribution in [2.24, 2.45) is 5.73 Å². The second kappa shape index (κ2) is 5.45. The van der Waals surface area contributed by atoms with Gasteiger partial charge in [0.1, 0.15) is 5.75 Å². The molecule has 0 aliphatic rings. The first-order chi connectivity index (χ1) is 9.77. The molecule has 0 fully saturated rings. The van der Waals surface area contributed by atoms with E-state index >= 15 is 0 Å². The molecule has 0 aliphatic heterocycles. The molecule has 0 unspecified atom stereocenters. The highest BCUT2D eigenvalue weighted by atomic mass is 32.2. The van der Waals surface area contributed by atoms with Crippen molar-refractivity contribution in [2.45, 2.75) is 4.90 Å². The maximum absolute atomic E-state index is 11.5. The summed E-state index contributed by atoms with van der Waals surface area (Å²) in [6.45, 7) is 0. The van der Waals surface area contributed by atoms with Gasteiger partial charge in [-0.05, 0) is 36.4 Å². The lowest BCUT2D eigenvalue weighted by Crippen LogP contribution is -2.11. The van der Waals surface area contributed by atoms with Gasteiger partial charge < -0.3 is 16.2 Å². The Bertz CT molecular complexity index is 800. The van der Waals surface area contributed by atoms with Crippen LogP contribution in [0.3, 0.4) is 0 Å². The molecule has 0 heterocycles. The Hall–Kier alpha value is -2.54. The molecule has 0 aliphatic carbocycles. The van der Waals surface area contributed by atoms with E-state index in [2.05, 4.69) is 0 Å². The molecule has 4 N–H and O–H groups in total. The number of nitrogen functional groups attached to an aromatic ring is 1. The van der Waals surface area contributed by atoms with Crippen LogP contribution in [0.4, 0.5) is 5.69 Å². The number of rotatable bonds is 4. The summed E-state index contributed by atoms with van der Waals surface area (Å²) in [5.74, 6) is -0.0760. The molecule has 0 radical (unpaired) electrons. The standard InChI is InChI=1S/C14H14N2O4S/c1-21(18,19)11-4-2-3-10(8-11)20-13-7-9(14(16)17)5-6-12(13)15/h2-8H,15H2,1H3,(H2,16,17). The number of carbonyl (C=O) groups is 1. The van der Waals surface area contributed by atoms with Crippen molar-refractivity contribution in [1.29, 1.82) is 0 Å². The zero-order chi connectivity index (χ0) is 15.6. The fraction of sp³-hybridized carbons (Fsp3) is 0.0714. The first-order valence-corrected chi connectivity index (χ1v) is 7.84. The highest BCUT2D eigenvalue weighted by molar-refractivity contribution is 7.90. The van der Waals surface area contributed by atoms with Crippen LogP contribution < -0.4 is 16.2 Å². The van der Waals surface area contributed by atoms with Crippen LogP contribution in [-0.4, -0.2) is 20.6 Å². The van der Waals surface area contributed by atoms with Crippen LogP contribution in [0.2, 0.25) is 0 Å². The number of nitrogens with two attached hydrogens (primary N) is 2. The number of hydrogen-bond acceptors (Lipinski definition) is 5. The van der Waals surface area contributed by atoms with Crippen molar-refractivity contribution < 1.29 is 17.9 Å². The van der Waals surface area contributed by atoms with E-state index in [9.17, 15) is 13.2 Å². The van der Waals surface area contributed by atoms with Crippen LogP contribution in [0.5, 0.6) is 11.5 Å². The number of sulfone groups is 1. The lowest BCUT2D eigenvalue weighted by molar-refractivity contribution is 0.1000. The molecular weight excluding hydrogens is 292 g/mol. The van der Waals surface area contributed by atoms with E-state index < -0.39 is 15.7 Å². The monoisotopic (exact) mass is 306 g/mol. The maximum Gasteiger partial charge on any atom is 0.248 e. The Labute approximate surface area is 122 Å². The SMILES string of the molecule is CS(=O)(=O)c1cccc(Oc2cc(C(N)=O)ccc2N)c1. The van der Waals surface area contributed by atoms with E-state index in [0.717, 1.165) is 6.26 Å². The molecule has 0 saturated heterocycles. The van der Waals surface area contributed by atoms with Crippen molar-refractivity contribution >= 4 is 21.4 Å². The average Bonchev–Trinajstić information content (AvgIpc) is 2.40. The first-order valence-electron chi connectivity index (χ1n) is 5.94. The van der Waals surface area contributed by atoms with Gasteiger partial charge >= 0.3 is 0 Å². The van der Waals surface area contributed by atoms with E-state index in [1.165, 1.54) is 30.3 Å². The Balaban J connectivity index is 2.39. The maximum atomic E-state index is 11.5. The highest BCUT2D eigenvalue weighted by Gasteiger charge is 2.11. The van der Waals surface area contributed by atoms with Crippen molar-refractivity contribution in [1.82, 2.24) is 0 Å². The van der Waals surface area contributed by atoms with Gasteiger partial charge in [0.25, 0.3) is 0 Å². The number of anilines is 1. The number of hydrogen-bond donors (Lipinski definition) is 2. The predicted octanol–water partition coefficient (Wildman–Crippen LogP) is 1.56. The first kappa shape index (κ1) is 14.9. The molecule has 2 rings (SSSR count). The summed E-state index contributed by atoms with van der Waals surface area (Å²) in [5, 5.41) is 0. The van der Waals surface area contributed by atoms with Crippen molar-refractivity contribution in [2.75, 3.05) is 12.0 Å². The van der Waals surface area contributed by atoms with Gasteiger partial charge in [-0.25, -0.2) is 8.42 Å². The lowest BCUT2D eigenvalue weighted by Gasteiger charge is -2.10. The van der Waals surface area contributed by atoms with Crippen LogP contribution in [0.1, 0.15) is 10.4 Å². The van der Waals surface area contributed by atoms with Crippen LogP contribution in [0.15, 0.2) is 47.4 Å². The summed E-state index contributed by atoms with van der Waals surface area (Å²) in [6.07, 6.45) is 1.11. The van der Waals surface area contributed by atoms with E-state index in [4.69, 9.17) is 16.2 Å². The quantitative estimate of drug-likeness (QED) is 0.832. The Kier molecular flexibility index (Phi) is 3.86. The van der Waals surface area contributed by atoms with Crippen molar-refractivity contribution in [3.8, 4) is 11.5 Å². The smallest absolute Gasteiger partial charge is 0.248 e. The Morgan fingerprint density at radius 3 is 2.48 bits per heavy atom. The van der Waals surface area contributed by atoms with Gasteiger partial charge in [0.05, 0.1) is 10.6 Å². The fourth-order valence-corrected chi connectivity index (χ4v) is 2.33. The van der Waals surface area contributed by atoms with Crippen LogP contribution in [0.25, 0.3) is 0 Å². The number of ether oxygens (including phenoxy) is 1. The zero-order valence-corrected chi connectivity index (χ0v) is 12.1. The van der Waals surface area contributed by atoms with Gasteiger partial charge in [-0.15, -0.1) is 0 Å². The van der Waals surface area contributed by atoms with Gasteiger partial charge in [-0.1, -0.05) is 6.07 Å². The number of carbonyl (C=O) groups excluding carboxylic acids is 1. The predicted molar refractivity (Wildman–Crippen MR) is 79.0 cm³/mol. The third kappa shape index (κ3) is 3.51. The van der Waals surface area contributed by atoms with Crippen LogP contribution in [0, 0.1) is 0 Å². The average molecular weight is 306 g/mol. The summed E-state index contributed by atoms with van der Waals surface area (Å²) >= 11 is 0. The summed E-state index contributed by atoms with van der Waals surface area (Å²) < 4.78 is 28.6. The molecule has 0 aromatic heterocycles. The van der Waals surface area contributed by atoms with E-state index in [1.807, 2.05) is 0 Å². The summed E-state index contributed by atoms with van der Waals surface area (Å²) in [5.41, 5.74) is 11.5. The van der Waals surface area contributed by atoms with Crippen molar-refractivity contribution in [3.63, 3.8) is 0 Å². The molecule has 2 aromatic rings. The Morgan fingerprint density at radius 2 is 1.86 bits per heavy atom. The number of amides is 1. The van der Waals surface area contributed by atoms with E-state index in [-0.39, 0.29) is 16.2 Å². The topological polar surface area (TPSA) is 112 Å². The third-order valence-corrected chi connectivity index (χ3v) is 3.87. The molecule has 0 bridgehead atoms. The molecule has 0 atom stereocenters. The molecule has 7 heteroatoms. The van der Waals surface area contributed by atoms with Crippen LogP contribution in [-0.2, 0) is 9.84 Å².